The van der Waals surface area contributed by atoms with Crippen molar-refractivity contribution in [2.45, 2.75) is 19.5 Å². The van der Waals surface area contributed by atoms with Gasteiger partial charge in [-0.25, -0.2) is 19.0 Å². The molecule has 8 nitrogen and oxygen atoms in total. The Morgan fingerprint density at radius 2 is 1.63 bits per heavy atom. The van der Waals surface area contributed by atoms with E-state index in [2.05, 4.69) is 22.1 Å². The van der Waals surface area contributed by atoms with E-state index in [1.165, 1.54) is 0 Å². The van der Waals surface area contributed by atoms with Gasteiger partial charge in [0.1, 0.15) is 0 Å². The maximum absolute atomic E-state index is 6.31. The molecule has 0 amide bonds. The van der Waals surface area contributed by atoms with Crippen molar-refractivity contribution in [3.63, 3.8) is 0 Å². The highest BCUT2D eigenvalue weighted by molar-refractivity contribution is 5.74. The fourth-order valence-corrected chi connectivity index (χ4v) is 4.41. The van der Waals surface area contributed by atoms with Crippen LogP contribution in [0.4, 0.5) is 0 Å². The van der Waals surface area contributed by atoms with Crippen molar-refractivity contribution in [3.8, 4) is 33.8 Å². The second-order valence-corrected chi connectivity index (χ2v) is 8.55. The number of rotatable bonds is 5. The number of fused-ring (bicyclic) bond motifs is 2. The van der Waals surface area contributed by atoms with Crippen LogP contribution in [0.5, 0.6) is 0 Å². The zero-order valence-corrected chi connectivity index (χ0v) is 19.2. The molecule has 6 rings (SSSR count). The zero-order chi connectivity index (χ0) is 23.9. The van der Waals surface area contributed by atoms with Gasteiger partial charge in [-0.3, -0.25) is 0 Å². The Morgan fingerprint density at radius 3 is 2.43 bits per heavy atom. The molecule has 0 saturated heterocycles. The lowest BCUT2D eigenvalue weighted by molar-refractivity contribution is 0.798. The molecule has 0 spiro atoms. The Balaban J connectivity index is 1.51. The van der Waals surface area contributed by atoms with Crippen molar-refractivity contribution in [3.05, 3.63) is 96.4 Å². The van der Waals surface area contributed by atoms with Gasteiger partial charge < -0.3 is 11.5 Å². The molecule has 4 aromatic heterocycles. The first-order valence-electron chi connectivity index (χ1n) is 11.5. The Morgan fingerprint density at radius 1 is 0.829 bits per heavy atom. The highest BCUT2D eigenvalue weighted by Gasteiger charge is 2.17. The van der Waals surface area contributed by atoms with Gasteiger partial charge in [0.25, 0.3) is 0 Å². The Hall–Kier alpha value is -4.40. The minimum absolute atomic E-state index is 0.191. The van der Waals surface area contributed by atoms with Crippen LogP contribution < -0.4 is 11.5 Å². The van der Waals surface area contributed by atoms with Crippen LogP contribution in [0.2, 0.25) is 0 Å². The maximum atomic E-state index is 6.31. The van der Waals surface area contributed by atoms with Crippen LogP contribution in [-0.4, -0.2) is 29.2 Å². The smallest absolute Gasteiger partial charge is 0.154 e. The molecule has 1 atom stereocenters. The molecule has 0 aliphatic heterocycles. The van der Waals surface area contributed by atoms with E-state index in [9.17, 15) is 0 Å². The largest absolute Gasteiger partial charge is 0.326 e. The first kappa shape index (κ1) is 21.2. The molecular formula is C27H24N8. The van der Waals surface area contributed by atoms with Crippen LogP contribution in [0.3, 0.4) is 0 Å². The van der Waals surface area contributed by atoms with Crippen molar-refractivity contribution in [1.29, 1.82) is 0 Å². The average molecular weight is 461 g/mol. The number of hydrogen-bond donors (Lipinski definition) is 2. The molecule has 4 heterocycles. The van der Waals surface area contributed by atoms with E-state index in [0.717, 1.165) is 56.2 Å². The molecule has 1 unspecified atom stereocenters. The van der Waals surface area contributed by atoms with Gasteiger partial charge >= 0.3 is 0 Å². The molecule has 2 aromatic carbocycles. The van der Waals surface area contributed by atoms with E-state index in [-0.39, 0.29) is 6.04 Å². The lowest BCUT2D eigenvalue weighted by Gasteiger charge is -2.13. The molecule has 0 bridgehead atoms. The van der Waals surface area contributed by atoms with Crippen LogP contribution in [0.1, 0.15) is 24.1 Å². The summed E-state index contributed by atoms with van der Waals surface area (Å²) in [6.07, 6.45) is 5.41. The van der Waals surface area contributed by atoms with Crippen LogP contribution in [-0.2, 0) is 6.54 Å². The van der Waals surface area contributed by atoms with Gasteiger partial charge in [0.15, 0.2) is 11.3 Å². The summed E-state index contributed by atoms with van der Waals surface area (Å²) in [6.45, 7) is 2.34. The molecule has 35 heavy (non-hydrogen) atoms. The summed E-state index contributed by atoms with van der Waals surface area (Å²) in [4.78, 5) is 8.97. The van der Waals surface area contributed by atoms with E-state index in [0.29, 0.717) is 6.54 Å². The Kier molecular flexibility index (Phi) is 5.09. The van der Waals surface area contributed by atoms with E-state index in [1.807, 2.05) is 78.4 Å². The lowest BCUT2D eigenvalue weighted by atomic mass is 10.00. The number of nitrogens with two attached hydrogens (primary N) is 2. The summed E-state index contributed by atoms with van der Waals surface area (Å²) in [6, 6.07) is 22.1. The third-order valence-electron chi connectivity index (χ3n) is 6.18. The molecule has 4 N–H and O–H groups in total. The molecule has 6 aromatic rings. The topological polar surface area (TPSA) is 112 Å². The van der Waals surface area contributed by atoms with Crippen molar-refractivity contribution >= 4 is 11.3 Å². The molecule has 0 aliphatic rings. The van der Waals surface area contributed by atoms with E-state index in [1.54, 1.807) is 10.7 Å². The van der Waals surface area contributed by atoms with Gasteiger partial charge in [0.05, 0.1) is 23.3 Å². The summed E-state index contributed by atoms with van der Waals surface area (Å²) in [5.41, 5.74) is 21.3. The lowest BCUT2D eigenvalue weighted by Crippen LogP contribution is -2.10. The highest BCUT2D eigenvalue weighted by atomic mass is 15.3. The van der Waals surface area contributed by atoms with Gasteiger partial charge in [-0.05, 0) is 30.7 Å². The van der Waals surface area contributed by atoms with Gasteiger partial charge in [-0.15, -0.1) is 0 Å². The van der Waals surface area contributed by atoms with Crippen LogP contribution in [0, 0.1) is 0 Å². The van der Waals surface area contributed by atoms with Crippen molar-refractivity contribution < 1.29 is 0 Å². The summed E-state index contributed by atoms with van der Waals surface area (Å²) >= 11 is 0. The molecule has 8 heteroatoms. The number of hydrogen-bond acceptors (Lipinski definition) is 6. The molecule has 0 saturated carbocycles. The van der Waals surface area contributed by atoms with Gasteiger partial charge in [0.2, 0.25) is 0 Å². The summed E-state index contributed by atoms with van der Waals surface area (Å²) in [5.74, 6) is 0. The molecule has 0 aliphatic carbocycles. The minimum atomic E-state index is -0.191. The van der Waals surface area contributed by atoms with E-state index >= 15 is 0 Å². The fraction of sp³-hybridized carbons (Fsp3) is 0.111. The van der Waals surface area contributed by atoms with Crippen molar-refractivity contribution in [2.24, 2.45) is 11.5 Å². The van der Waals surface area contributed by atoms with Crippen LogP contribution in [0.25, 0.3) is 45.1 Å². The van der Waals surface area contributed by atoms with Crippen molar-refractivity contribution in [2.75, 3.05) is 0 Å². The summed E-state index contributed by atoms with van der Waals surface area (Å²) in [5, 5.41) is 9.77. The summed E-state index contributed by atoms with van der Waals surface area (Å²) in [7, 11) is 0. The molecule has 0 radical (unpaired) electrons. The summed E-state index contributed by atoms with van der Waals surface area (Å²) < 4.78 is 3.64. The van der Waals surface area contributed by atoms with Crippen LogP contribution in [0.15, 0.2) is 85.3 Å². The number of aromatic nitrogens is 6. The number of benzene rings is 2. The minimum Gasteiger partial charge on any atom is -0.326 e. The standard InChI is InChI=1S/C27H24N8/c1-17(29)22-14-24-30-10-11-34(24)32-27(22)20-9-5-8-19(12-20)23-16-31-25-13-21(15-28)26(33-35(23)25)18-6-3-2-4-7-18/h2-14,16-17H,15,28-29H2,1H3. The molecule has 172 valence electrons. The van der Waals surface area contributed by atoms with E-state index < -0.39 is 0 Å². The predicted molar refractivity (Wildman–Crippen MR) is 136 cm³/mol. The van der Waals surface area contributed by atoms with Crippen molar-refractivity contribution in [1.82, 2.24) is 29.2 Å². The molecular weight excluding hydrogens is 436 g/mol. The normalized spacial score (nSPS) is 12.4. The molecule has 0 fully saturated rings. The fourth-order valence-electron chi connectivity index (χ4n) is 4.41. The third kappa shape index (κ3) is 3.65. The Labute approximate surface area is 201 Å². The number of nitrogens with zero attached hydrogens (tertiary/aromatic N) is 6. The number of imidazole rings is 2. The Bertz CT molecular complexity index is 1660. The van der Waals surface area contributed by atoms with Gasteiger partial charge in [0, 0.05) is 47.2 Å². The average Bonchev–Trinajstić information content (AvgIpc) is 3.54. The van der Waals surface area contributed by atoms with Gasteiger partial charge in [-0.1, -0.05) is 48.5 Å². The quantitative estimate of drug-likeness (QED) is 0.398. The maximum Gasteiger partial charge on any atom is 0.154 e. The second kappa shape index (κ2) is 8.43. The first-order valence-corrected chi connectivity index (χ1v) is 11.5. The second-order valence-electron chi connectivity index (χ2n) is 8.55. The predicted octanol–water partition coefficient (Wildman–Crippen LogP) is 4.25. The zero-order valence-electron chi connectivity index (χ0n) is 19.2. The van der Waals surface area contributed by atoms with Gasteiger partial charge in [-0.2, -0.15) is 10.2 Å². The van der Waals surface area contributed by atoms with Crippen LogP contribution >= 0.6 is 0 Å². The first-order chi connectivity index (χ1) is 17.1. The third-order valence-corrected chi connectivity index (χ3v) is 6.18. The monoisotopic (exact) mass is 460 g/mol. The van der Waals surface area contributed by atoms with E-state index in [4.69, 9.17) is 21.7 Å². The highest BCUT2D eigenvalue weighted by Crippen LogP contribution is 2.31. The SMILES string of the molecule is CC(N)c1cc2nccn2nc1-c1cccc(-c2cnc3cc(CN)c(-c4ccccc4)nn23)c1.